The highest BCUT2D eigenvalue weighted by molar-refractivity contribution is 5.45. The molecule has 1 atom stereocenters. The van der Waals surface area contributed by atoms with Gasteiger partial charge < -0.3 is 10.0 Å². The number of aliphatic hydroxyl groups excluding tert-OH is 1. The van der Waals surface area contributed by atoms with E-state index >= 15 is 0 Å². The number of hydrogen-bond acceptors (Lipinski definition) is 3. The summed E-state index contributed by atoms with van der Waals surface area (Å²) in [6, 6.07) is 19.0. The normalized spacial score (nSPS) is 11.6. The maximum atomic E-state index is 10.2. The lowest BCUT2D eigenvalue weighted by Gasteiger charge is -2.23. The van der Waals surface area contributed by atoms with Crippen LogP contribution >= 0.6 is 0 Å². The molecule has 0 aromatic heterocycles. The van der Waals surface area contributed by atoms with Gasteiger partial charge in [-0.1, -0.05) is 30.3 Å². The molecule has 2 aromatic carbocycles. The highest BCUT2D eigenvalue weighted by Gasteiger charge is 2.11. The second kappa shape index (κ2) is 6.03. The second-order valence-electron chi connectivity index (χ2n) is 4.47. The number of benzene rings is 2. The Kier molecular flexibility index (Phi) is 4.17. The summed E-state index contributed by atoms with van der Waals surface area (Å²) < 4.78 is 0. The van der Waals surface area contributed by atoms with Crippen molar-refractivity contribution < 1.29 is 5.11 Å². The fourth-order valence-corrected chi connectivity index (χ4v) is 1.93. The summed E-state index contributed by atoms with van der Waals surface area (Å²) in [7, 11) is 1.95. The third-order valence-corrected chi connectivity index (χ3v) is 3.07. The molecule has 0 amide bonds. The van der Waals surface area contributed by atoms with Crippen LogP contribution < -0.4 is 4.90 Å². The molecule has 3 nitrogen and oxygen atoms in total. The first-order chi connectivity index (χ1) is 9.20. The number of para-hydroxylation sites is 1. The Morgan fingerprint density at radius 1 is 1.11 bits per heavy atom. The van der Waals surface area contributed by atoms with Gasteiger partial charge in [-0.05, 0) is 29.8 Å². The third-order valence-electron chi connectivity index (χ3n) is 3.07. The predicted molar refractivity (Wildman–Crippen MR) is 75.8 cm³/mol. The first-order valence-corrected chi connectivity index (χ1v) is 6.15. The molecular weight excluding hydrogens is 236 g/mol. The molecule has 2 aromatic rings. The predicted octanol–water partition coefficient (Wildman–Crippen LogP) is 2.73. The molecule has 0 saturated carbocycles. The van der Waals surface area contributed by atoms with E-state index in [9.17, 15) is 5.11 Å². The van der Waals surface area contributed by atoms with Crippen LogP contribution in [0.3, 0.4) is 0 Å². The molecule has 0 aliphatic rings. The second-order valence-corrected chi connectivity index (χ2v) is 4.47. The Morgan fingerprint density at radius 3 is 2.32 bits per heavy atom. The van der Waals surface area contributed by atoms with Gasteiger partial charge >= 0.3 is 0 Å². The maximum absolute atomic E-state index is 10.2. The average molecular weight is 252 g/mol. The number of likely N-dealkylation sites (N-methyl/N-ethyl adjacent to an activating group) is 1. The van der Waals surface area contributed by atoms with E-state index in [0.29, 0.717) is 12.1 Å². The molecule has 0 aliphatic carbocycles. The van der Waals surface area contributed by atoms with Crippen molar-refractivity contribution in [3.05, 3.63) is 65.7 Å². The number of hydrogen-bond donors (Lipinski definition) is 1. The molecule has 3 heteroatoms. The van der Waals surface area contributed by atoms with Crippen LogP contribution in [0, 0.1) is 11.3 Å². The van der Waals surface area contributed by atoms with Crippen molar-refractivity contribution in [3.63, 3.8) is 0 Å². The van der Waals surface area contributed by atoms with Gasteiger partial charge in [-0.3, -0.25) is 0 Å². The van der Waals surface area contributed by atoms with E-state index in [4.69, 9.17) is 5.26 Å². The van der Waals surface area contributed by atoms with Crippen LogP contribution in [0.5, 0.6) is 0 Å². The van der Waals surface area contributed by atoms with Crippen molar-refractivity contribution in [2.24, 2.45) is 0 Å². The summed E-state index contributed by atoms with van der Waals surface area (Å²) in [6.45, 7) is 0.510. The quantitative estimate of drug-likeness (QED) is 0.910. The first kappa shape index (κ1) is 13.1. The van der Waals surface area contributed by atoms with Gasteiger partial charge in [0.1, 0.15) is 0 Å². The summed E-state index contributed by atoms with van der Waals surface area (Å²) >= 11 is 0. The van der Waals surface area contributed by atoms with Crippen molar-refractivity contribution in [1.29, 1.82) is 5.26 Å². The monoisotopic (exact) mass is 252 g/mol. The molecule has 19 heavy (non-hydrogen) atoms. The van der Waals surface area contributed by atoms with E-state index in [1.807, 2.05) is 42.3 Å². The standard InChI is InChI=1S/C16H16N2O/c1-18(15-5-3-2-4-6-15)12-16(19)14-9-7-13(11-17)8-10-14/h2-10,16,19H,12H2,1H3. The molecule has 96 valence electrons. The van der Waals surface area contributed by atoms with Crippen LogP contribution in [0.25, 0.3) is 0 Å². The number of rotatable bonds is 4. The average Bonchev–Trinajstić information content (AvgIpc) is 2.48. The molecule has 1 unspecified atom stereocenters. The van der Waals surface area contributed by atoms with E-state index in [1.54, 1.807) is 24.3 Å². The molecule has 0 aliphatic heterocycles. The van der Waals surface area contributed by atoms with Crippen molar-refractivity contribution in [3.8, 4) is 6.07 Å². The molecule has 0 fully saturated rings. The van der Waals surface area contributed by atoms with Crippen LogP contribution in [0.4, 0.5) is 5.69 Å². The van der Waals surface area contributed by atoms with Gasteiger partial charge in [0.15, 0.2) is 0 Å². The summed E-state index contributed by atoms with van der Waals surface area (Å²) in [5.41, 5.74) is 2.49. The molecule has 0 saturated heterocycles. The Morgan fingerprint density at radius 2 is 1.74 bits per heavy atom. The molecule has 2 rings (SSSR count). The summed E-state index contributed by atoms with van der Waals surface area (Å²) in [6.07, 6.45) is -0.571. The van der Waals surface area contributed by atoms with Crippen molar-refractivity contribution in [2.75, 3.05) is 18.5 Å². The SMILES string of the molecule is CN(CC(O)c1ccc(C#N)cc1)c1ccccc1. The third kappa shape index (κ3) is 3.34. The Labute approximate surface area is 113 Å². The molecule has 0 spiro atoms. The van der Waals surface area contributed by atoms with Gasteiger partial charge in [-0.2, -0.15) is 5.26 Å². The van der Waals surface area contributed by atoms with Crippen molar-refractivity contribution in [1.82, 2.24) is 0 Å². The Balaban J connectivity index is 2.04. The topological polar surface area (TPSA) is 47.3 Å². The summed E-state index contributed by atoms with van der Waals surface area (Å²) in [5.74, 6) is 0. The van der Waals surface area contributed by atoms with E-state index in [1.165, 1.54) is 0 Å². The Bertz CT molecular complexity index is 558. The number of anilines is 1. The summed E-state index contributed by atoms with van der Waals surface area (Å²) in [5, 5.41) is 18.9. The number of nitrogens with zero attached hydrogens (tertiary/aromatic N) is 2. The van der Waals surface area contributed by atoms with Crippen LogP contribution in [0.2, 0.25) is 0 Å². The zero-order chi connectivity index (χ0) is 13.7. The van der Waals surface area contributed by atoms with E-state index in [2.05, 4.69) is 6.07 Å². The molecule has 0 radical (unpaired) electrons. The van der Waals surface area contributed by atoms with Gasteiger partial charge in [0.2, 0.25) is 0 Å². The van der Waals surface area contributed by atoms with Crippen molar-refractivity contribution >= 4 is 5.69 Å². The van der Waals surface area contributed by atoms with Gasteiger partial charge in [-0.25, -0.2) is 0 Å². The minimum Gasteiger partial charge on any atom is -0.387 e. The minimum absolute atomic E-state index is 0.510. The largest absolute Gasteiger partial charge is 0.387 e. The van der Waals surface area contributed by atoms with Crippen LogP contribution in [-0.2, 0) is 0 Å². The lowest BCUT2D eigenvalue weighted by molar-refractivity contribution is 0.185. The van der Waals surface area contributed by atoms with Crippen LogP contribution in [0.1, 0.15) is 17.2 Å². The first-order valence-electron chi connectivity index (χ1n) is 6.15. The smallest absolute Gasteiger partial charge is 0.0991 e. The van der Waals surface area contributed by atoms with E-state index in [-0.39, 0.29) is 0 Å². The highest BCUT2D eigenvalue weighted by Crippen LogP contribution is 2.18. The lowest BCUT2D eigenvalue weighted by Crippen LogP contribution is -2.24. The van der Waals surface area contributed by atoms with Crippen LogP contribution in [-0.4, -0.2) is 18.7 Å². The molecule has 0 heterocycles. The van der Waals surface area contributed by atoms with Crippen LogP contribution in [0.15, 0.2) is 54.6 Å². The number of nitriles is 1. The van der Waals surface area contributed by atoms with Gasteiger partial charge in [0.25, 0.3) is 0 Å². The zero-order valence-electron chi connectivity index (χ0n) is 10.8. The van der Waals surface area contributed by atoms with Gasteiger partial charge in [0, 0.05) is 19.3 Å². The zero-order valence-corrected chi connectivity index (χ0v) is 10.8. The fraction of sp³-hybridized carbons (Fsp3) is 0.188. The lowest BCUT2D eigenvalue weighted by atomic mass is 10.1. The minimum atomic E-state index is -0.571. The summed E-state index contributed by atoms with van der Waals surface area (Å²) in [4.78, 5) is 2.00. The molecule has 0 bridgehead atoms. The Hall–Kier alpha value is -2.31. The highest BCUT2D eigenvalue weighted by atomic mass is 16.3. The maximum Gasteiger partial charge on any atom is 0.0991 e. The molecule has 1 N–H and O–H groups in total. The van der Waals surface area contributed by atoms with Gasteiger partial charge in [0.05, 0.1) is 17.7 Å². The molecular formula is C16H16N2O. The fourth-order valence-electron chi connectivity index (χ4n) is 1.93. The van der Waals surface area contributed by atoms with Crippen molar-refractivity contribution in [2.45, 2.75) is 6.10 Å². The number of aliphatic hydroxyl groups is 1. The van der Waals surface area contributed by atoms with Gasteiger partial charge in [-0.15, -0.1) is 0 Å². The van der Waals surface area contributed by atoms with E-state index < -0.39 is 6.10 Å². The van der Waals surface area contributed by atoms with E-state index in [0.717, 1.165) is 11.3 Å².